The second-order valence-corrected chi connectivity index (χ2v) is 4.53. The lowest BCUT2D eigenvalue weighted by Gasteiger charge is -2.11. The van der Waals surface area contributed by atoms with Gasteiger partial charge in [-0.15, -0.1) is 0 Å². The third-order valence-corrected chi connectivity index (χ3v) is 2.99. The molecule has 0 saturated carbocycles. The van der Waals surface area contributed by atoms with Crippen LogP contribution in [0.25, 0.3) is 0 Å². The molecule has 1 amide bonds. The van der Waals surface area contributed by atoms with Crippen molar-refractivity contribution in [3.05, 3.63) is 40.7 Å². The van der Waals surface area contributed by atoms with E-state index in [4.69, 9.17) is 16.3 Å². The summed E-state index contributed by atoms with van der Waals surface area (Å²) in [7, 11) is 3.21. The zero-order valence-corrected chi connectivity index (χ0v) is 11.7. The first kappa shape index (κ1) is 13.4. The van der Waals surface area contributed by atoms with Gasteiger partial charge in [0.15, 0.2) is 0 Å². The van der Waals surface area contributed by atoms with Crippen LogP contribution >= 0.6 is 11.6 Å². The van der Waals surface area contributed by atoms with E-state index in [1.165, 1.54) is 10.9 Å². The van der Waals surface area contributed by atoms with Crippen molar-refractivity contribution in [1.29, 1.82) is 0 Å². The van der Waals surface area contributed by atoms with Crippen LogP contribution in [0, 0.1) is 6.92 Å². The van der Waals surface area contributed by atoms with E-state index in [1.54, 1.807) is 20.2 Å². The van der Waals surface area contributed by atoms with E-state index in [2.05, 4.69) is 10.4 Å². The van der Waals surface area contributed by atoms with Gasteiger partial charge in [-0.1, -0.05) is 17.7 Å². The Balaban J connectivity index is 2.31. The van der Waals surface area contributed by atoms with Gasteiger partial charge < -0.3 is 10.1 Å². The van der Waals surface area contributed by atoms with Gasteiger partial charge in [0.05, 0.1) is 24.0 Å². The van der Waals surface area contributed by atoms with Gasteiger partial charge >= 0.3 is 0 Å². The number of halogens is 1. The van der Waals surface area contributed by atoms with Crippen molar-refractivity contribution in [3.8, 4) is 5.75 Å². The Kier molecular flexibility index (Phi) is 3.76. The number of anilines is 1. The summed E-state index contributed by atoms with van der Waals surface area (Å²) in [5.74, 6) is 0.270. The van der Waals surface area contributed by atoms with Crippen molar-refractivity contribution in [2.24, 2.45) is 7.05 Å². The van der Waals surface area contributed by atoms with Gasteiger partial charge in [-0.2, -0.15) is 5.10 Å². The number of amides is 1. The number of rotatable bonds is 3. The van der Waals surface area contributed by atoms with E-state index >= 15 is 0 Å². The minimum absolute atomic E-state index is 0.310. The van der Waals surface area contributed by atoms with E-state index in [0.29, 0.717) is 22.2 Å². The maximum absolute atomic E-state index is 12.2. The minimum Gasteiger partial charge on any atom is -0.495 e. The predicted molar refractivity (Wildman–Crippen MR) is 73.9 cm³/mol. The van der Waals surface area contributed by atoms with Crippen LogP contribution in [0.5, 0.6) is 5.75 Å². The molecule has 2 rings (SSSR count). The van der Waals surface area contributed by atoms with Crippen molar-refractivity contribution < 1.29 is 9.53 Å². The fraction of sp³-hybridized carbons (Fsp3) is 0.231. The Morgan fingerprint density at radius 2 is 2.21 bits per heavy atom. The lowest BCUT2D eigenvalue weighted by atomic mass is 10.2. The number of aromatic nitrogens is 2. The fourth-order valence-corrected chi connectivity index (χ4v) is 2.02. The maximum atomic E-state index is 12.2. The number of carbonyl (C=O) groups is 1. The molecule has 0 radical (unpaired) electrons. The van der Waals surface area contributed by atoms with E-state index in [-0.39, 0.29) is 5.91 Å². The van der Waals surface area contributed by atoms with Crippen molar-refractivity contribution >= 4 is 23.2 Å². The van der Waals surface area contributed by atoms with Crippen LogP contribution in [0.1, 0.15) is 16.1 Å². The summed E-state index contributed by atoms with van der Waals surface area (Å²) in [5.41, 5.74) is 1.93. The van der Waals surface area contributed by atoms with Gasteiger partial charge in [0.2, 0.25) is 0 Å². The molecule has 0 aliphatic rings. The molecule has 0 bridgehead atoms. The van der Waals surface area contributed by atoms with Crippen LogP contribution in [0.4, 0.5) is 5.69 Å². The first-order chi connectivity index (χ1) is 9.02. The molecule has 0 spiro atoms. The lowest BCUT2D eigenvalue weighted by Crippen LogP contribution is -2.17. The zero-order valence-electron chi connectivity index (χ0n) is 10.9. The average Bonchev–Trinajstić information content (AvgIpc) is 2.69. The number of ether oxygens (including phenoxy) is 1. The molecule has 0 saturated heterocycles. The molecule has 1 aromatic heterocycles. The molecule has 1 heterocycles. The van der Waals surface area contributed by atoms with Gasteiger partial charge in [-0.05, 0) is 24.6 Å². The molecule has 6 heteroatoms. The van der Waals surface area contributed by atoms with Gasteiger partial charge in [-0.25, -0.2) is 0 Å². The maximum Gasteiger partial charge on any atom is 0.275 e. The second kappa shape index (κ2) is 5.32. The van der Waals surface area contributed by atoms with Crippen molar-refractivity contribution in [1.82, 2.24) is 9.78 Å². The van der Waals surface area contributed by atoms with E-state index in [0.717, 1.165) is 5.56 Å². The number of aryl methyl sites for hydroxylation is 2. The second-order valence-electron chi connectivity index (χ2n) is 4.12. The monoisotopic (exact) mass is 279 g/mol. The lowest BCUT2D eigenvalue weighted by molar-refractivity contribution is 0.101. The Labute approximate surface area is 116 Å². The minimum atomic E-state index is -0.325. The van der Waals surface area contributed by atoms with E-state index < -0.39 is 0 Å². The normalized spacial score (nSPS) is 10.3. The number of nitrogens with one attached hydrogen (secondary N) is 1. The first-order valence-electron chi connectivity index (χ1n) is 5.66. The highest BCUT2D eigenvalue weighted by Crippen LogP contribution is 2.26. The van der Waals surface area contributed by atoms with E-state index in [1.807, 2.05) is 19.1 Å². The highest BCUT2D eigenvalue weighted by atomic mass is 35.5. The number of benzene rings is 1. The summed E-state index contributed by atoms with van der Waals surface area (Å²) in [6.45, 7) is 1.94. The predicted octanol–water partition coefficient (Wildman–Crippen LogP) is 2.64. The molecule has 100 valence electrons. The summed E-state index contributed by atoms with van der Waals surface area (Å²) in [5, 5.41) is 7.02. The van der Waals surface area contributed by atoms with Crippen LogP contribution in [-0.2, 0) is 7.05 Å². The molecule has 5 nitrogen and oxygen atoms in total. The summed E-state index contributed by atoms with van der Waals surface area (Å²) < 4.78 is 6.64. The van der Waals surface area contributed by atoms with Crippen LogP contribution in [0.2, 0.25) is 5.02 Å². The van der Waals surface area contributed by atoms with Crippen molar-refractivity contribution in [2.75, 3.05) is 12.4 Å². The topological polar surface area (TPSA) is 56.1 Å². The third kappa shape index (κ3) is 2.71. The largest absolute Gasteiger partial charge is 0.495 e. The van der Waals surface area contributed by atoms with Crippen LogP contribution in [0.15, 0.2) is 24.4 Å². The quantitative estimate of drug-likeness (QED) is 0.940. The van der Waals surface area contributed by atoms with Crippen LogP contribution < -0.4 is 10.1 Å². The molecule has 0 fully saturated rings. The number of carbonyl (C=O) groups excluding carboxylic acids is 1. The molecular weight excluding hydrogens is 266 g/mol. The standard InChI is InChI=1S/C13H14ClN3O2/c1-8-4-5-11(19-3)10(6-8)16-13(18)12-9(14)7-15-17(12)2/h4-7H,1-3H3,(H,16,18). The third-order valence-electron chi connectivity index (χ3n) is 2.71. The van der Waals surface area contributed by atoms with Gasteiger partial charge in [0.1, 0.15) is 11.4 Å². The number of nitrogens with zero attached hydrogens (tertiary/aromatic N) is 2. The smallest absolute Gasteiger partial charge is 0.275 e. The van der Waals surface area contributed by atoms with Gasteiger partial charge in [-0.3, -0.25) is 9.48 Å². The summed E-state index contributed by atoms with van der Waals surface area (Å²) in [4.78, 5) is 12.2. The molecular formula is C13H14ClN3O2. The van der Waals surface area contributed by atoms with Crippen molar-refractivity contribution in [3.63, 3.8) is 0 Å². The number of hydrogen-bond donors (Lipinski definition) is 1. The Bertz CT molecular complexity index is 603. The number of methoxy groups -OCH3 is 1. The van der Waals surface area contributed by atoms with Crippen LogP contribution in [-0.4, -0.2) is 22.8 Å². The Morgan fingerprint density at radius 3 is 2.79 bits per heavy atom. The van der Waals surface area contributed by atoms with E-state index in [9.17, 15) is 4.79 Å². The molecule has 2 aromatic rings. The number of hydrogen-bond acceptors (Lipinski definition) is 3. The average molecular weight is 280 g/mol. The highest BCUT2D eigenvalue weighted by Gasteiger charge is 2.17. The molecule has 0 aliphatic heterocycles. The fourth-order valence-electron chi connectivity index (χ4n) is 1.77. The SMILES string of the molecule is COc1ccc(C)cc1NC(=O)c1c(Cl)cnn1C. The molecule has 0 atom stereocenters. The van der Waals surface area contributed by atoms with Gasteiger partial charge in [0.25, 0.3) is 5.91 Å². The Hall–Kier alpha value is -2.01. The molecule has 0 unspecified atom stereocenters. The Morgan fingerprint density at radius 1 is 1.47 bits per heavy atom. The van der Waals surface area contributed by atoms with Crippen LogP contribution in [0.3, 0.4) is 0 Å². The highest BCUT2D eigenvalue weighted by molar-refractivity contribution is 6.34. The molecule has 19 heavy (non-hydrogen) atoms. The summed E-state index contributed by atoms with van der Waals surface area (Å²) in [6.07, 6.45) is 1.43. The summed E-state index contributed by atoms with van der Waals surface area (Å²) >= 11 is 5.94. The first-order valence-corrected chi connectivity index (χ1v) is 6.04. The zero-order chi connectivity index (χ0) is 14.0. The summed E-state index contributed by atoms with van der Waals surface area (Å²) in [6, 6.07) is 5.54. The van der Waals surface area contributed by atoms with Crippen molar-refractivity contribution in [2.45, 2.75) is 6.92 Å². The molecule has 1 aromatic carbocycles. The molecule has 1 N–H and O–H groups in total. The molecule has 0 aliphatic carbocycles. The van der Waals surface area contributed by atoms with Gasteiger partial charge in [0, 0.05) is 7.05 Å².